The van der Waals surface area contributed by atoms with Gasteiger partial charge in [-0.05, 0) is 60.7 Å². The summed E-state index contributed by atoms with van der Waals surface area (Å²) in [6, 6.07) is 17.1. The van der Waals surface area contributed by atoms with Crippen molar-refractivity contribution in [2.24, 2.45) is 5.92 Å². The van der Waals surface area contributed by atoms with E-state index in [1.54, 1.807) is 7.11 Å². The summed E-state index contributed by atoms with van der Waals surface area (Å²) in [6.45, 7) is 2.88. The summed E-state index contributed by atoms with van der Waals surface area (Å²) in [5.74, 6) is 2.25. The summed E-state index contributed by atoms with van der Waals surface area (Å²) in [7, 11) is 1.59. The molecule has 0 aliphatic carbocycles. The zero-order chi connectivity index (χ0) is 18.2. The highest BCUT2D eigenvalue weighted by Crippen LogP contribution is 2.28. The molecule has 0 spiro atoms. The molecule has 0 heterocycles. The van der Waals surface area contributed by atoms with Crippen molar-refractivity contribution in [3.63, 3.8) is 0 Å². The number of carbonyl (C=O) groups is 2. The van der Waals surface area contributed by atoms with Crippen molar-refractivity contribution in [2.45, 2.75) is 24.7 Å². The van der Waals surface area contributed by atoms with E-state index in [0.717, 1.165) is 16.2 Å². The zero-order valence-electron chi connectivity index (χ0n) is 14.5. The molecule has 0 amide bonds. The Labute approximate surface area is 152 Å². The Kier molecular flexibility index (Phi) is 6.85. The molecular weight excluding hydrogens is 332 g/mol. The highest BCUT2D eigenvalue weighted by atomic mass is 32.2. The summed E-state index contributed by atoms with van der Waals surface area (Å²) in [5.41, 5.74) is 0.831. The fourth-order valence-electron chi connectivity index (χ4n) is 2.57. The number of benzene rings is 2. The fourth-order valence-corrected chi connectivity index (χ4v) is 3.16. The highest BCUT2D eigenvalue weighted by molar-refractivity contribution is 8.03. The summed E-state index contributed by atoms with van der Waals surface area (Å²) in [6.07, 6.45) is 0. The van der Waals surface area contributed by atoms with Gasteiger partial charge in [-0.2, -0.15) is 0 Å². The molecule has 4 heteroatoms. The van der Waals surface area contributed by atoms with Crippen LogP contribution in [0.3, 0.4) is 0 Å². The normalized spacial score (nSPS) is 11.4. The van der Waals surface area contributed by atoms with Gasteiger partial charge >= 0.3 is 0 Å². The highest BCUT2D eigenvalue weighted by Gasteiger charge is 2.29. The number of hydrogen-bond donors (Lipinski definition) is 0. The molecule has 0 N–H and O–H groups in total. The maximum Gasteiger partial charge on any atom is 0.141 e. The predicted octanol–water partition coefficient (Wildman–Crippen LogP) is 4.33. The number of ketones is 2. The van der Waals surface area contributed by atoms with Gasteiger partial charge in [0.2, 0.25) is 0 Å². The van der Waals surface area contributed by atoms with E-state index in [1.165, 1.54) is 25.6 Å². The Morgan fingerprint density at radius 2 is 1.56 bits per heavy atom. The predicted molar refractivity (Wildman–Crippen MR) is 101 cm³/mol. The molecule has 1 atom stereocenters. The first kappa shape index (κ1) is 18.8. The summed E-state index contributed by atoms with van der Waals surface area (Å²) in [5, 5.41) is 3.05. The molecule has 128 valence electrons. The van der Waals surface area contributed by atoms with E-state index in [4.69, 9.17) is 4.74 Å². The minimum atomic E-state index is -0.766. The second kappa shape index (κ2) is 9.10. The van der Waals surface area contributed by atoms with Crippen LogP contribution in [0.5, 0.6) is 5.75 Å². The van der Waals surface area contributed by atoms with Crippen molar-refractivity contribution in [3.05, 3.63) is 60.2 Å². The van der Waals surface area contributed by atoms with Gasteiger partial charge in [-0.15, -0.1) is 0 Å². The lowest BCUT2D eigenvalue weighted by Crippen LogP contribution is -2.26. The Balaban J connectivity index is 2.34. The molecule has 0 fully saturated rings. The second-order valence-electron chi connectivity index (χ2n) is 5.61. The number of ether oxygens (including phenoxy) is 1. The van der Waals surface area contributed by atoms with Crippen LogP contribution in [0.15, 0.2) is 59.5 Å². The van der Waals surface area contributed by atoms with Gasteiger partial charge in [0.1, 0.15) is 17.3 Å². The van der Waals surface area contributed by atoms with E-state index in [-0.39, 0.29) is 11.6 Å². The van der Waals surface area contributed by atoms with Gasteiger partial charge in [0, 0.05) is 4.90 Å². The van der Waals surface area contributed by atoms with Gasteiger partial charge in [-0.1, -0.05) is 36.3 Å². The van der Waals surface area contributed by atoms with Crippen molar-refractivity contribution >= 4 is 23.3 Å². The molecule has 0 bridgehead atoms. The number of hydrogen-bond acceptors (Lipinski definition) is 4. The van der Waals surface area contributed by atoms with Gasteiger partial charge < -0.3 is 4.74 Å². The minimum absolute atomic E-state index is 0.174. The Morgan fingerprint density at radius 3 is 2.08 bits per heavy atom. The summed E-state index contributed by atoms with van der Waals surface area (Å²) >= 11 is 1.38. The van der Waals surface area contributed by atoms with E-state index in [1.807, 2.05) is 54.6 Å². The average molecular weight is 352 g/mol. The molecule has 0 aromatic heterocycles. The maximum absolute atomic E-state index is 12.0. The van der Waals surface area contributed by atoms with Gasteiger partial charge in [0.15, 0.2) is 0 Å². The summed E-state index contributed by atoms with van der Waals surface area (Å²) in [4.78, 5) is 25.1. The number of rotatable bonds is 6. The van der Waals surface area contributed by atoms with E-state index in [0.29, 0.717) is 0 Å². The quantitative estimate of drug-likeness (QED) is 0.441. The van der Waals surface area contributed by atoms with E-state index in [9.17, 15) is 9.59 Å². The Hall–Kier alpha value is -2.51. The standard InChI is InChI=1S/C21H20O3S/c1-15(22)21(16(2)23)20(17-9-11-18(24-3)12-10-17)13-14-25-19-7-5-4-6-8-19/h4-12,20-21H,1-3H3. The smallest absolute Gasteiger partial charge is 0.141 e. The molecule has 1 unspecified atom stereocenters. The number of carbonyl (C=O) groups excluding carboxylic acids is 2. The lowest BCUT2D eigenvalue weighted by molar-refractivity contribution is -0.130. The fraction of sp³-hybridized carbons (Fsp3) is 0.238. The van der Waals surface area contributed by atoms with Crippen LogP contribution in [-0.2, 0) is 9.59 Å². The van der Waals surface area contributed by atoms with Gasteiger partial charge in [0.25, 0.3) is 0 Å². The van der Waals surface area contributed by atoms with Crippen molar-refractivity contribution in [2.75, 3.05) is 7.11 Å². The van der Waals surface area contributed by atoms with Gasteiger partial charge in [-0.3, -0.25) is 9.59 Å². The number of thioether (sulfide) groups is 1. The van der Waals surface area contributed by atoms with Crippen LogP contribution in [0.1, 0.15) is 25.3 Å². The van der Waals surface area contributed by atoms with Gasteiger partial charge in [0.05, 0.1) is 18.9 Å². The van der Waals surface area contributed by atoms with Crippen LogP contribution in [0.25, 0.3) is 0 Å². The van der Waals surface area contributed by atoms with E-state index in [2.05, 4.69) is 11.2 Å². The SMILES string of the molecule is COc1ccc(C(C#CSc2ccccc2)C(C(C)=O)C(C)=O)cc1. The Bertz CT molecular complexity index is 771. The maximum atomic E-state index is 12.0. The molecule has 0 aliphatic rings. The molecule has 0 saturated carbocycles. The monoisotopic (exact) mass is 352 g/mol. The second-order valence-corrected chi connectivity index (χ2v) is 6.49. The zero-order valence-corrected chi connectivity index (χ0v) is 15.3. The van der Waals surface area contributed by atoms with Crippen LogP contribution in [-0.4, -0.2) is 18.7 Å². The van der Waals surface area contributed by atoms with Crippen molar-refractivity contribution in [1.82, 2.24) is 0 Å². The number of methoxy groups -OCH3 is 1. The van der Waals surface area contributed by atoms with Crippen molar-refractivity contribution < 1.29 is 14.3 Å². The molecule has 2 rings (SSSR count). The molecule has 0 radical (unpaired) electrons. The van der Waals surface area contributed by atoms with E-state index >= 15 is 0 Å². The topological polar surface area (TPSA) is 43.4 Å². The van der Waals surface area contributed by atoms with Crippen LogP contribution in [0.2, 0.25) is 0 Å². The van der Waals surface area contributed by atoms with Crippen LogP contribution in [0, 0.1) is 17.1 Å². The molecule has 3 nitrogen and oxygen atoms in total. The lowest BCUT2D eigenvalue weighted by atomic mass is 9.82. The largest absolute Gasteiger partial charge is 0.497 e. The summed E-state index contributed by atoms with van der Waals surface area (Å²) < 4.78 is 5.17. The third-order valence-corrected chi connectivity index (χ3v) is 4.54. The molecule has 0 aliphatic heterocycles. The van der Waals surface area contributed by atoms with Crippen molar-refractivity contribution in [3.8, 4) is 16.9 Å². The molecule has 2 aromatic rings. The molecule has 0 saturated heterocycles. The minimum Gasteiger partial charge on any atom is -0.497 e. The molecule has 2 aromatic carbocycles. The van der Waals surface area contributed by atoms with Crippen molar-refractivity contribution in [1.29, 1.82) is 0 Å². The average Bonchev–Trinajstić information content (AvgIpc) is 2.61. The molecule has 25 heavy (non-hydrogen) atoms. The van der Waals surface area contributed by atoms with Crippen LogP contribution >= 0.6 is 11.8 Å². The third kappa shape index (κ3) is 5.23. The van der Waals surface area contributed by atoms with Crippen LogP contribution in [0.4, 0.5) is 0 Å². The van der Waals surface area contributed by atoms with E-state index < -0.39 is 11.8 Å². The first-order valence-corrected chi connectivity index (χ1v) is 8.72. The Morgan fingerprint density at radius 1 is 0.960 bits per heavy atom. The molecular formula is C21H20O3S. The number of Topliss-reactive ketones (excluding diaryl/α,β-unsaturated/α-hetero) is 2. The first-order valence-electron chi connectivity index (χ1n) is 7.90. The lowest BCUT2D eigenvalue weighted by Gasteiger charge is -2.19. The van der Waals surface area contributed by atoms with Gasteiger partial charge in [-0.25, -0.2) is 0 Å². The third-order valence-electron chi connectivity index (χ3n) is 3.81. The first-order chi connectivity index (χ1) is 12.0. The van der Waals surface area contributed by atoms with Crippen LogP contribution < -0.4 is 4.74 Å².